The molecule has 0 radical (unpaired) electrons. The van der Waals surface area contributed by atoms with Crippen LogP contribution in [0.3, 0.4) is 0 Å². The largest absolute Gasteiger partial charge is 0.459 e. The van der Waals surface area contributed by atoms with Crippen molar-refractivity contribution in [2.24, 2.45) is 0 Å². The average molecular weight is 254 g/mol. The SMILES string of the molecule is CC(C)c1oc2ccc(Br)cc2c1N. The second-order valence-corrected chi connectivity index (χ2v) is 4.59. The molecule has 0 saturated carbocycles. The van der Waals surface area contributed by atoms with E-state index in [0.717, 1.165) is 26.9 Å². The second-order valence-electron chi connectivity index (χ2n) is 3.68. The van der Waals surface area contributed by atoms with Crippen molar-refractivity contribution in [1.82, 2.24) is 0 Å². The van der Waals surface area contributed by atoms with Gasteiger partial charge >= 0.3 is 0 Å². The summed E-state index contributed by atoms with van der Waals surface area (Å²) in [6.45, 7) is 4.15. The van der Waals surface area contributed by atoms with E-state index in [2.05, 4.69) is 29.8 Å². The molecule has 14 heavy (non-hydrogen) atoms. The first-order valence-corrected chi connectivity index (χ1v) is 5.36. The zero-order valence-corrected chi connectivity index (χ0v) is 9.76. The van der Waals surface area contributed by atoms with Gasteiger partial charge in [-0.25, -0.2) is 0 Å². The first kappa shape index (κ1) is 9.59. The van der Waals surface area contributed by atoms with Crippen LogP contribution in [0, 0.1) is 0 Å². The molecule has 1 aromatic heterocycles. The Morgan fingerprint density at radius 1 is 1.36 bits per heavy atom. The van der Waals surface area contributed by atoms with E-state index in [4.69, 9.17) is 10.2 Å². The minimum absolute atomic E-state index is 0.321. The Morgan fingerprint density at radius 3 is 2.71 bits per heavy atom. The number of hydrogen-bond acceptors (Lipinski definition) is 2. The molecule has 0 fully saturated rings. The number of hydrogen-bond donors (Lipinski definition) is 1. The summed E-state index contributed by atoms with van der Waals surface area (Å²) >= 11 is 3.42. The fraction of sp³-hybridized carbons (Fsp3) is 0.273. The van der Waals surface area contributed by atoms with Gasteiger partial charge in [0.05, 0.1) is 5.69 Å². The summed E-state index contributed by atoms with van der Waals surface area (Å²) in [6.07, 6.45) is 0. The molecule has 1 aromatic carbocycles. The number of benzene rings is 1. The molecule has 0 spiro atoms. The highest BCUT2D eigenvalue weighted by molar-refractivity contribution is 9.10. The van der Waals surface area contributed by atoms with Crippen molar-refractivity contribution in [2.75, 3.05) is 5.73 Å². The highest BCUT2D eigenvalue weighted by Gasteiger charge is 2.13. The molecule has 2 N–H and O–H groups in total. The highest BCUT2D eigenvalue weighted by Crippen LogP contribution is 2.34. The lowest BCUT2D eigenvalue weighted by molar-refractivity contribution is 0.524. The van der Waals surface area contributed by atoms with Crippen molar-refractivity contribution in [3.8, 4) is 0 Å². The topological polar surface area (TPSA) is 39.2 Å². The molecule has 0 atom stereocenters. The van der Waals surface area contributed by atoms with E-state index < -0.39 is 0 Å². The Bertz CT molecular complexity index is 473. The normalized spacial score (nSPS) is 11.4. The molecule has 0 amide bonds. The molecule has 2 aromatic rings. The fourth-order valence-electron chi connectivity index (χ4n) is 1.54. The minimum atomic E-state index is 0.321. The molecule has 0 aliphatic carbocycles. The summed E-state index contributed by atoms with van der Waals surface area (Å²) in [5.41, 5.74) is 7.61. The summed E-state index contributed by atoms with van der Waals surface area (Å²) < 4.78 is 6.69. The van der Waals surface area contributed by atoms with Crippen LogP contribution < -0.4 is 5.73 Å². The van der Waals surface area contributed by atoms with Gasteiger partial charge in [0, 0.05) is 15.8 Å². The van der Waals surface area contributed by atoms with E-state index in [1.54, 1.807) is 0 Å². The molecule has 0 unspecified atom stereocenters. The van der Waals surface area contributed by atoms with Crippen LogP contribution in [-0.2, 0) is 0 Å². The third-order valence-electron chi connectivity index (χ3n) is 2.24. The number of furan rings is 1. The van der Waals surface area contributed by atoms with Gasteiger partial charge in [-0.2, -0.15) is 0 Å². The first-order chi connectivity index (χ1) is 6.59. The molecule has 0 aliphatic rings. The smallest absolute Gasteiger partial charge is 0.136 e. The van der Waals surface area contributed by atoms with Gasteiger partial charge < -0.3 is 10.2 Å². The lowest BCUT2D eigenvalue weighted by Gasteiger charge is -1.99. The van der Waals surface area contributed by atoms with Crippen molar-refractivity contribution < 1.29 is 4.42 Å². The van der Waals surface area contributed by atoms with Gasteiger partial charge in [-0.15, -0.1) is 0 Å². The molecular formula is C11H12BrNO. The maximum atomic E-state index is 5.99. The van der Waals surface area contributed by atoms with Crippen LogP contribution in [0.15, 0.2) is 27.1 Å². The molecule has 2 rings (SSSR count). The molecule has 3 heteroatoms. The first-order valence-electron chi connectivity index (χ1n) is 4.57. The van der Waals surface area contributed by atoms with Gasteiger partial charge in [0.2, 0.25) is 0 Å². The quantitative estimate of drug-likeness (QED) is 0.838. The highest BCUT2D eigenvalue weighted by atomic mass is 79.9. The maximum absolute atomic E-state index is 5.99. The Morgan fingerprint density at radius 2 is 2.07 bits per heavy atom. The van der Waals surface area contributed by atoms with Crippen molar-refractivity contribution in [3.63, 3.8) is 0 Å². The van der Waals surface area contributed by atoms with E-state index >= 15 is 0 Å². The fourth-order valence-corrected chi connectivity index (χ4v) is 1.90. The van der Waals surface area contributed by atoms with Crippen LogP contribution in [0.4, 0.5) is 5.69 Å². The number of anilines is 1. The van der Waals surface area contributed by atoms with E-state index in [-0.39, 0.29) is 0 Å². The Hall–Kier alpha value is -0.960. The predicted molar refractivity (Wildman–Crippen MR) is 62.4 cm³/mol. The van der Waals surface area contributed by atoms with Crippen LogP contribution in [0.5, 0.6) is 0 Å². The van der Waals surface area contributed by atoms with Crippen LogP contribution >= 0.6 is 15.9 Å². The zero-order valence-electron chi connectivity index (χ0n) is 8.17. The summed E-state index contributed by atoms with van der Waals surface area (Å²) in [5, 5.41) is 0.989. The van der Waals surface area contributed by atoms with Crippen molar-refractivity contribution in [3.05, 3.63) is 28.4 Å². The molecule has 2 nitrogen and oxygen atoms in total. The zero-order chi connectivity index (χ0) is 10.3. The number of nitrogen functional groups attached to an aromatic ring is 1. The summed E-state index contributed by atoms with van der Waals surface area (Å²) in [6, 6.07) is 5.87. The summed E-state index contributed by atoms with van der Waals surface area (Å²) in [5.74, 6) is 1.19. The molecule has 0 bridgehead atoms. The van der Waals surface area contributed by atoms with Gasteiger partial charge in [0.1, 0.15) is 11.3 Å². The van der Waals surface area contributed by atoms with Crippen molar-refractivity contribution >= 4 is 32.6 Å². The van der Waals surface area contributed by atoms with Crippen molar-refractivity contribution in [2.45, 2.75) is 19.8 Å². The van der Waals surface area contributed by atoms with E-state index in [9.17, 15) is 0 Å². The van der Waals surface area contributed by atoms with Crippen LogP contribution in [0.1, 0.15) is 25.5 Å². The minimum Gasteiger partial charge on any atom is -0.459 e. The maximum Gasteiger partial charge on any atom is 0.136 e. The standard InChI is InChI=1S/C11H12BrNO/c1-6(2)11-10(13)8-5-7(12)3-4-9(8)14-11/h3-6H,13H2,1-2H3. The molecule has 1 heterocycles. The Balaban J connectivity index is 2.74. The van der Waals surface area contributed by atoms with Gasteiger partial charge in [0.25, 0.3) is 0 Å². The van der Waals surface area contributed by atoms with Gasteiger partial charge in [0.15, 0.2) is 0 Å². The van der Waals surface area contributed by atoms with Gasteiger partial charge in [-0.3, -0.25) is 0 Å². The van der Waals surface area contributed by atoms with Gasteiger partial charge in [-0.05, 0) is 18.2 Å². The second kappa shape index (κ2) is 3.31. The van der Waals surface area contributed by atoms with Crippen LogP contribution in [0.25, 0.3) is 11.0 Å². The number of fused-ring (bicyclic) bond motifs is 1. The van der Waals surface area contributed by atoms with Gasteiger partial charge in [-0.1, -0.05) is 29.8 Å². The Kier molecular flexibility index (Phi) is 2.27. The van der Waals surface area contributed by atoms with Crippen LogP contribution in [-0.4, -0.2) is 0 Å². The summed E-state index contributed by atoms with van der Waals surface area (Å²) in [7, 11) is 0. The molecule has 0 saturated heterocycles. The third kappa shape index (κ3) is 1.42. The number of halogens is 1. The molecule has 0 aliphatic heterocycles. The van der Waals surface area contributed by atoms with E-state index in [1.807, 2.05) is 18.2 Å². The van der Waals surface area contributed by atoms with E-state index in [1.165, 1.54) is 0 Å². The predicted octanol–water partition coefficient (Wildman–Crippen LogP) is 3.90. The Labute approximate surface area is 91.2 Å². The number of nitrogens with two attached hydrogens (primary N) is 1. The number of rotatable bonds is 1. The van der Waals surface area contributed by atoms with Crippen LogP contribution in [0.2, 0.25) is 0 Å². The monoisotopic (exact) mass is 253 g/mol. The molecule has 74 valence electrons. The average Bonchev–Trinajstić information content (AvgIpc) is 2.44. The summed E-state index contributed by atoms with van der Waals surface area (Å²) in [4.78, 5) is 0. The van der Waals surface area contributed by atoms with Crippen molar-refractivity contribution in [1.29, 1.82) is 0 Å². The third-order valence-corrected chi connectivity index (χ3v) is 2.73. The lowest BCUT2D eigenvalue weighted by Crippen LogP contribution is -1.91. The van der Waals surface area contributed by atoms with E-state index in [0.29, 0.717) is 5.92 Å². The molecular weight excluding hydrogens is 242 g/mol. The lowest BCUT2D eigenvalue weighted by atomic mass is 10.1.